The summed E-state index contributed by atoms with van der Waals surface area (Å²) < 4.78 is 14.0. The molecule has 2 heterocycles. The van der Waals surface area contributed by atoms with Gasteiger partial charge in [0.25, 0.3) is 0 Å². The highest BCUT2D eigenvalue weighted by atomic mass is 35.5. The van der Waals surface area contributed by atoms with E-state index in [4.69, 9.17) is 11.6 Å². The van der Waals surface area contributed by atoms with E-state index in [0.29, 0.717) is 23.7 Å². The zero-order valence-electron chi connectivity index (χ0n) is 16.0. The Hall–Kier alpha value is -1.50. The molecule has 0 spiro atoms. The molecule has 0 aromatic heterocycles. The Morgan fingerprint density at radius 3 is 2.36 bits per heavy atom. The van der Waals surface area contributed by atoms with E-state index in [1.165, 1.54) is 11.6 Å². The fraction of sp³-hybridized carbons (Fsp3) is 0.455. The largest absolute Gasteiger partial charge is 0.390 e. The summed E-state index contributed by atoms with van der Waals surface area (Å²) in [4.78, 5) is 6.95. The normalized spacial score (nSPS) is 24.7. The van der Waals surface area contributed by atoms with Gasteiger partial charge in [-0.3, -0.25) is 14.7 Å². The first-order valence-electron chi connectivity index (χ1n) is 9.94. The van der Waals surface area contributed by atoms with Crippen molar-refractivity contribution in [3.8, 4) is 0 Å². The van der Waals surface area contributed by atoms with Crippen LogP contribution in [-0.2, 0) is 13.1 Å². The zero-order valence-corrected chi connectivity index (χ0v) is 16.7. The summed E-state index contributed by atoms with van der Waals surface area (Å²) in [6, 6.07) is 15.4. The van der Waals surface area contributed by atoms with Gasteiger partial charge in [-0.25, -0.2) is 4.39 Å². The van der Waals surface area contributed by atoms with Crippen LogP contribution in [0.15, 0.2) is 48.5 Å². The predicted octanol–water partition coefficient (Wildman–Crippen LogP) is 2.84. The first-order chi connectivity index (χ1) is 13.6. The van der Waals surface area contributed by atoms with E-state index in [1.807, 2.05) is 6.07 Å². The molecule has 2 aliphatic rings. The fourth-order valence-corrected chi connectivity index (χ4v) is 4.56. The molecule has 2 aliphatic heterocycles. The van der Waals surface area contributed by atoms with Gasteiger partial charge in [-0.2, -0.15) is 0 Å². The maximum Gasteiger partial charge on any atom is 0.129 e. The van der Waals surface area contributed by atoms with E-state index in [-0.39, 0.29) is 18.0 Å². The number of halogens is 2. The maximum atomic E-state index is 14.0. The van der Waals surface area contributed by atoms with Crippen LogP contribution in [0, 0.1) is 5.82 Å². The minimum Gasteiger partial charge on any atom is -0.390 e. The van der Waals surface area contributed by atoms with E-state index in [2.05, 4.69) is 39.0 Å². The van der Waals surface area contributed by atoms with Crippen LogP contribution in [0.1, 0.15) is 11.1 Å². The minimum atomic E-state index is -0.323. The first kappa shape index (κ1) is 19.8. The monoisotopic (exact) mass is 403 g/mol. The molecule has 0 amide bonds. The third-order valence-corrected chi connectivity index (χ3v) is 6.26. The van der Waals surface area contributed by atoms with E-state index >= 15 is 0 Å². The molecule has 150 valence electrons. The summed E-state index contributed by atoms with van der Waals surface area (Å²) in [5, 5.41) is 11.1. The number of nitrogens with zero attached hydrogens (tertiary/aromatic N) is 3. The molecule has 2 aromatic rings. The van der Waals surface area contributed by atoms with Gasteiger partial charge < -0.3 is 5.11 Å². The van der Waals surface area contributed by atoms with Crippen LogP contribution in [0.25, 0.3) is 0 Å². The molecule has 6 heteroatoms. The van der Waals surface area contributed by atoms with Crippen molar-refractivity contribution in [3.05, 3.63) is 70.5 Å². The van der Waals surface area contributed by atoms with Crippen LogP contribution in [0.3, 0.4) is 0 Å². The molecule has 2 fully saturated rings. The molecule has 0 bridgehead atoms. The molecule has 4 rings (SSSR count). The molecule has 0 unspecified atom stereocenters. The van der Waals surface area contributed by atoms with Crippen LogP contribution in [-0.4, -0.2) is 71.2 Å². The summed E-state index contributed by atoms with van der Waals surface area (Å²) in [6.45, 7) is 6.48. The van der Waals surface area contributed by atoms with Crippen LogP contribution >= 0.6 is 11.6 Å². The van der Waals surface area contributed by atoms with Crippen molar-refractivity contribution in [1.82, 2.24) is 14.7 Å². The molecule has 2 atom stereocenters. The second-order valence-corrected chi connectivity index (χ2v) is 8.23. The summed E-state index contributed by atoms with van der Waals surface area (Å²) >= 11 is 6.17. The van der Waals surface area contributed by atoms with Gasteiger partial charge in [-0.15, -0.1) is 0 Å². The minimum absolute atomic E-state index is 0.169. The zero-order chi connectivity index (χ0) is 19.5. The Balaban J connectivity index is 1.30. The molecule has 0 aliphatic carbocycles. The highest BCUT2D eigenvalue weighted by Gasteiger charge is 2.36. The topological polar surface area (TPSA) is 30.0 Å². The van der Waals surface area contributed by atoms with Crippen molar-refractivity contribution in [2.75, 3.05) is 39.3 Å². The van der Waals surface area contributed by atoms with Gasteiger partial charge in [0.1, 0.15) is 5.82 Å². The van der Waals surface area contributed by atoms with Gasteiger partial charge >= 0.3 is 0 Å². The lowest BCUT2D eigenvalue weighted by Gasteiger charge is -2.39. The number of rotatable bonds is 5. The van der Waals surface area contributed by atoms with Crippen LogP contribution in [0.4, 0.5) is 4.39 Å². The highest BCUT2D eigenvalue weighted by Crippen LogP contribution is 2.23. The second kappa shape index (κ2) is 8.89. The number of hydrogen-bond acceptors (Lipinski definition) is 4. The standard InChI is InChI=1S/C22H27ClFN3O/c23-19-7-4-8-20(24)18(19)14-25-9-11-27(12-10-25)21-15-26(16-22(21)28)13-17-5-2-1-3-6-17/h1-8,21-22,28H,9-16H2/t21-,22-/m1/s1. The highest BCUT2D eigenvalue weighted by molar-refractivity contribution is 6.31. The van der Waals surface area contributed by atoms with E-state index in [1.54, 1.807) is 12.1 Å². The van der Waals surface area contributed by atoms with Crippen molar-refractivity contribution in [1.29, 1.82) is 0 Å². The smallest absolute Gasteiger partial charge is 0.129 e. The molecule has 4 nitrogen and oxygen atoms in total. The molecule has 0 saturated carbocycles. The number of piperazine rings is 1. The van der Waals surface area contributed by atoms with Crippen molar-refractivity contribution in [3.63, 3.8) is 0 Å². The maximum absolute atomic E-state index is 14.0. The van der Waals surface area contributed by atoms with Crippen molar-refractivity contribution in [2.24, 2.45) is 0 Å². The van der Waals surface area contributed by atoms with E-state index in [0.717, 1.165) is 39.3 Å². The average Bonchev–Trinajstić information content (AvgIpc) is 3.06. The summed E-state index contributed by atoms with van der Waals surface area (Å²) in [5.74, 6) is -0.238. The number of benzene rings is 2. The summed E-state index contributed by atoms with van der Waals surface area (Å²) in [7, 11) is 0. The van der Waals surface area contributed by atoms with E-state index < -0.39 is 0 Å². The Kier molecular flexibility index (Phi) is 6.28. The lowest BCUT2D eigenvalue weighted by molar-refractivity contribution is 0.0421. The quantitative estimate of drug-likeness (QED) is 0.831. The molecular formula is C22H27ClFN3O. The summed E-state index contributed by atoms with van der Waals surface area (Å²) in [6.07, 6.45) is -0.323. The Bertz CT molecular complexity index is 762. The molecule has 0 radical (unpaired) electrons. The molecule has 28 heavy (non-hydrogen) atoms. The number of likely N-dealkylation sites (tertiary alicyclic amines) is 1. The van der Waals surface area contributed by atoms with Gasteiger partial charge in [0.15, 0.2) is 0 Å². The second-order valence-electron chi connectivity index (χ2n) is 7.83. The van der Waals surface area contributed by atoms with Gasteiger partial charge in [0.2, 0.25) is 0 Å². The number of β-amino-alcohol motifs (C(OH)–C–C–N with tert-alkyl or cyclic N) is 1. The number of aliphatic hydroxyl groups is 1. The van der Waals surface area contributed by atoms with Gasteiger partial charge in [-0.05, 0) is 17.7 Å². The van der Waals surface area contributed by atoms with E-state index in [9.17, 15) is 9.50 Å². The van der Waals surface area contributed by atoms with Crippen molar-refractivity contribution in [2.45, 2.75) is 25.2 Å². The SMILES string of the molecule is O[C@@H]1CN(Cc2ccccc2)C[C@H]1N1CCN(Cc2c(F)cccc2Cl)CC1. The number of aliphatic hydroxyl groups excluding tert-OH is 1. The third kappa shape index (κ3) is 4.56. The molecular weight excluding hydrogens is 377 g/mol. The average molecular weight is 404 g/mol. The molecule has 1 N–H and O–H groups in total. The Labute approximate surface area is 171 Å². The lowest BCUT2D eigenvalue weighted by Crippen LogP contribution is -2.53. The van der Waals surface area contributed by atoms with Crippen molar-refractivity contribution < 1.29 is 9.50 Å². The molecule has 2 aromatic carbocycles. The third-order valence-electron chi connectivity index (χ3n) is 5.90. The first-order valence-corrected chi connectivity index (χ1v) is 10.3. The van der Waals surface area contributed by atoms with Crippen molar-refractivity contribution >= 4 is 11.6 Å². The van der Waals surface area contributed by atoms with Gasteiger partial charge in [0.05, 0.1) is 6.10 Å². The molecule has 2 saturated heterocycles. The van der Waals surface area contributed by atoms with Crippen LogP contribution in [0.2, 0.25) is 5.02 Å². The predicted molar refractivity (Wildman–Crippen MR) is 110 cm³/mol. The lowest BCUT2D eigenvalue weighted by atomic mass is 10.1. The van der Waals surface area contributed by atoms with Gasteiger partial charge in [0, 0.05) is 69.0 Å². The Morgan fingerprint density at radius 2 is 1.64 bits per heavy atom. The Morgan fingerprint density at radius 1 is 0.893 bits per heavy atom. The van der Waals surface area contributed by atoms with Gasteiger partial charge in [-0.1, -0.05) is 48.0 Å². The fourth-order valence-electron chi connectivity index (χ4n) is 4.34. The van der Waals surface area contributed by atoms with Crippen LogP contribution < -0.4 is 0 Å². The van der Waals surface area contributed by atoms with Crippen LogP contribution in [0.5, 0.6) is 0 Å². The summed E-state index contributed by atoms with van der Waals surface area (Å²) in [5.41, 5.74) is 1.86. The number of hydrogen-bond donors (Lipinski definition) is 1.